The molecular formula is C16H20BrN3OS. The summed E-state index contributed by atoms with van der Waals surface area (Å²) < 4.78 is 1.06. The molecule has 1 aromatic carbocycles. The molecule has 1 amide bonds. The van der Waals surface area contributed by atoms with Crippen LogP contribution in [0.5, 0.6) is 0 Å². The summed E-state index contributed by atoms with van der Waals surface area (Å²) in [6.07, 6.45) is 0. The molecule has 118 valence electrons. The van der Waals surface area contributed by atoms with Crippen LogP contribution in [-0.2, 0) is 11.3 Å². The third kappa shape index (κ3) is 5.19. The first-order valence-electron chi connectivity index (χ1n) is 7.12. The van der Waals surface area contributed by atoms with E-state index in [0.717, 1.165) is 20.7 Å². The average Bonchev–Trinajstić information content (AvgIpc) is 2.86. The van der Waals surface area contributed by atoms with Crippen LogP contribution in [0.3, 0.4) is 0 Å². The number of carbonyl (C=O) groups is 1. The Hall–Kier alpha value is -1.24. The summed E-state index contributed by atoms with van der Waals surface area (Å²) in [7, 11) is 1.93. The molecule has 2 aromatic rings. The van der Waals surface area contributed by atoms with Gasteiger partial charge in [0.2, 0.25) is 5.91 Å². The number of hydrogen-bond donors (Lipinski definition) is 1. The van der Waals surface area contributed by atoms with Crippen LogP contribution in [0, 0.1) is 0 Å². The SMILES string of the molecule is CC(C)NC(=O)CN(C)Cc1nc(-c2ccc(Br)cc2)cs1. The minimum atomic E-state index is 0.0437. The summed E-state index contributed by atoms with van der Waals surface area (Å²) in [5.74, 6) is 0.0437. The summed E-state index contributed by atoms with van der Waals surface area (Å²) in [6, 6.07) is 8.28. The maximum Gasteiger partial charge on any atom is 0.234 e. The first-order valence-corrected chi connectivity index (χ1v) is 8.79. The highest BCUT2D eigenvalue weighted by molar-refractivity contribution is 9.10. The molecule has 0 saturated heterocycles. The van der Waals surface area contributed by atoms with Crippen LogP contribution in [0.25, 0.3) is 11.3 Å². The molecule has 0 saturated carbocycles. The fraction of sp³-hybridized carbons (Fsp3) is 0.375. The zero-order chi connectivity index (χ0) is 16.1. The monoisotopic (exact) mass is 381 g/mol. The Bertz CT molecular complexity index is 625. The van der Waals surface area contributed by atoms with Gasteiger partial charge in [-0.1, -0.05) is 28.1 Å². The highest BCUT2D eigenvalue weighted by Crippen LogP contribution is 2.24. The van der Waals surface area contributed by atoms with Crippen molar-refractivity contribution in [3.05, 3.63) is 39.1 Å². The van der Waals surface area contributed by atoms with Crippen molar-refractivity contribution < 1.29 is 4.79 Å². The Morgan fingerprint density at radius 3 is 2.68 bits per heavy atom. The van der Waals surface area contributed by atoms with Gasteiger partial charge in [-0.15, -0.1) is 11.3 Å². The summed E-state index contributed by atoms with van der Waals surface area (Å²) in [5, 5.41) is 5.96. The number of amides is 1. The molecule has 0 spiro atoms. The first-order chi connectivity index (χ1) is 10.4. The highest BCUT2D eigenvalue weighted by Gasteiger charge is 2.11. The fourth-order valence-electron chi connectivity index (χ4n) is 2.04. The van der Waals surface area contributed by atoms with Gasteiger partial charge in [0.25, 0.3) is 0 Å². The molecule has 1 N–H and O–H groups in total. The molecule has 1 heterocycles. The van der Waals surface area contributed by atoms with Crippen molar-refractivity contribution >= 4 is 33.2 Å². The van der Waals surface area contributed by atoms with Crippen LogP contribution < -0.4 is 5.32 Å². The van der Waals surface area contributed by atoms with E-state index in [1.807, 2.05) is 50.1 Å². The van der Waals surface area contributed by atoms with E-state index in [4.69, 9.17) is 0 Å². The molecular weight excluding hydrogens is 362 g/mol. The van der Waals surface area contributed by atoms with Gasteiger partial charge in [0.05, 0.1) is 18.8 Å². The lowest BCUT2D eigenvalue weighted by Crippen LogP contribution is -2.38. The largest absolute Gasteiger partial charge is 0.353 e. The van der Waals surface area contributed by atoms with Gasteiger partial charge in [-0.3, -0.25) is 9.69 Å². The number of benzene rings is 1. The Labute approximate surface area is 143 Å². The predicted octanol–water partition coefficient (Wildman–Crippen LogP) is 3.53. The van der Waals surface area contributed by atoms with Crippen molar-refractivity contribution in [2.45, 2.75) is 26.4 Å². The summed E-state index contributed by atoms with van der Waals surface area (Å²) in [4.78, 5) is 18.4. The Morgan fingerprint density at radius 1 is 1.36 bits per heavy atom. The van der Waals surface area contributed by atoms with Crippen LogP contribution in [0.2, 0.25) is 0 Å². The molecule has 0 unspecified atom stereocenters. The molecule has 0 fully saturated rings. The molecule has 0 aliphatic heterocycles. The lowest BCUT2D eigenvalue weighted by atomic mass is 10.2. The Kier molecular flexibility index (Phi) is 6.11. The van der Waals surface area contributed by atoms with Crippen LogP contribution in [0.1, 0.15) is 18.9 Å². The van der Waals surface area contributed by atoms with Crippen molar-refractivity contribution in [1.29, 1.82) is 0 Å². The number of likely N-dealkylation sites (N-methyl/N-ethyl adjacent to an activating group) is 1. The van der Waals surface area contributed by atoms with Gasteiger partial charge in [0, 0.05) is 21.5 Å². The smallest absolute Gasteiger partial charge is 0.234 e. The minimum absolute atomic E-state index is 0.0437. The zero-order valence-corrected chi connectivity index (χ0v) is 15.4. The Morgan fingerprint density at radius 2 is 2.05 bits per heavy atom. The van der Waals surface area contributed by atoms with E-state index in [2.05, 4.69) is 31.6 Å². The second-order valence-corrected chi connectivity index (χ2v) is 7.39. The highest BCUT2D eigenvalue weighted by atomic mass is 79.9. The van der Waals surface area contributed by atoms with E-state index in [1.54, 1.807) is 11.3 Å². The van der Waals surface area contributed by atoms with Gasteiger partial charge in [0.1, 0.15) is 5.01 Å². The molecule has 0 aliphatic rings. The van der Waals surface area contributed by atoms with Crippen LogP contribution in [0.4, 0.5) is 0 Å². The molecule has 0 bridgehead atoms. The number of nitrogens with zero attached hydrogens (tertiary/aromatic N) is 2. The van der Waals surface area contributed by atoms with E-state index in [0.29, 0.717) is 13.1 Å². The number of rotatable bonds is 6. The van der Waals surface area contributed by atoms with E-state index in [9.17, 15) is 4.79 Å². The lowest BCUT2D eigenvalue weighted by Gasteiger charge is -2.16. The summed E-state index contributed by atoms with van der Waals surface area (Å²) in [6.45, 7) is 4.98. The standard InChI is InChI=1S/C16H20BrN3OS/c1-11(2)18-15(21)8-20(3)9-16-19-14(10-22-16)12-4-6-13(17)7-5-12/h4-7,10-11H,8-9H2,1-3H3,(H,18,21). The molecule has 0 aliphatic carbocycles. The van der Waals surface area contributed by atoms with Gasteiger partial charge < -0.3 is 5.32 Å². The number of halogens is 1. The summed E-state index contributed by atoms with van der Waals surface area (Å²) in [5.41, 5.74) is 2.08. The van der Waals surface area contributed by atoms with Crippen molar-refractivity contribution in [3.63, 3.8) is 0 Å². The van der Waals surface area contributed by atoms with Crippen molar-refractivity contribution in [1.82, 2.24) is 15.2 Å². The van der Waals surface area contributed by atoms with Gasteiger partial charge in [-0.2, -0.15) is 0 Å². The second kappa shape index (κ2) is 7.85. The number of carbonyl (C=O) groups excluding carboxylic acids is 1. The normalized spacial score (nSPS) is 11.2. The van der Waals surface area contributed by atoms with E-state index in [-0.39, 0.29) is 11.9 Å². The molecule has 0 radical (unpaired) electrons. The predicted molar refractivity (Wildman–Crippen MR) is 94.9 cm³/mol. The van der Waals surface area contributed by atoms with Gasteiger partial charge in [-0.05, 0) is 33.0 Å². The zero-order valence-electron chi connectivity index (χ0n) is 13.0. The van der Waals surface area contributed by atoms with Crippen LogP contribution >= 0.6 is 27.3 Å². The van der Waals surface area contributed by atoms with Crippen molar-refractivity contribution in [3.8, 4) is 11.3 Å². The molecule has 4 nitrogen and oxygen atoms in total. The van der Waals surface area contributed by atoms with Gasteiger partial charge in [0.15, 0.2) is 0 Å². The number of aromatic nitrogens is 1. The summed E-state index contributed by atoms with van der Waals surface area (Å²) >= 11 is 5.06. The quantitative estimate of drug-likeness (QED) is 0.832. The topological polar surface area (TPSA) is 45.2 Å². The van der Waals surface area contributed by atoms with E-state index < -0.39 is 0 Å². The maximum absolute atomic E-state index is 11.7. The third-order valence-electron chi connectivity index (χ3n) is 2.96. The van der Waals surface area contributed by atoms with Crippen LogP contribution in [-0.4, -0.2) is 35.4 Å². The maximum atomic E-state index is 11.7. The minimum Gasteiger partial charge on any atom is -0.353 e. The molecule has 22 heavy (non-hydrogen) atoms. The lowest BCUT2D eigenvalue weighted by molar-refractivity contribution is -0.122. The van der Waals surface area contributed by atoms with Crippen molar-refractivity contribution in [2.24, 2.45) is 0 Å². The molecule has 0 atom stereocenters. The molecule has 1 aromatic heterocycles. The fourth-order valence-corrected chi connectivity index (χ4v) is 3.18. The number of nitrogens with one attached hydrogen (secondary N) is 1. The number of hydrogen-bond acceptors (Lipinski definition) is 4. The molecule has 2 rings (SSSR count). The second-order valence-electron chi connectivity index (χ2n) is 5.53. The molecule has 6 heteroatoms. The third-order valence-corrected chi connectivity index (χ3v) is 4.32. The first kappa shape index (κ1) is 17.1. The van der Waals surface area contributed by atoms with Crippen LogP contribution in [0.15, 0.2) is 34.1 Å². The Balaban J connectivity index is 1.94. The van der Waals surface area contributed by atoms with Gasteiger partial charge >= 0.3 is 0 Å². The van der Waals surface area contributed by atoms with Gasteiger partial charge in [-0.25, -0.2) is 4.98 Å². The number of thiazole rings is 1. The van der Waals surface area contributed by atoms with E-state index in [1.165, 1.54) is 0 Å². The van der Waals surface area contributed by atoms with E-state index >= 15 is 0 Å². The average molecular weight is 382 g/mol. The van der Waals surface area contributed by atoms with Crippen molar-refractivity contribution in [2.75, 3.05) is 13.6 Å².